The van der Waals surface area contributed by atoms with Gasteiger partial charge < -0.3 is 10.6 Å². The number of nitrogens with zero attached hydrogens (tertiary/aromatic N) is 1. The lowest BCUT2D eigenvalue weighted by atomic mass is 10.0. The molecular formula is C12H10N2O. The average molecular weight is 198 g/mol. The highest BCUT2D eigenvalue weighted by Gasteiger charge is 2.26. The second-order valence-electron chi connectivity index (χ2n) is 3.77. The Balaban J connectivity index is 2.56. The molecule has 2 N–H and O–H groups in total. The average Bonchev–Trinajstić information content (AvgIpc) is 2.50. The number of carbonyl (C=O) groups is 1. The van der Waals surface area contributed by atoms with Crippen molar-refractivity contribution in [2.45, 2.75) is 0 Å². The van der Waals surface area contributed by atoms with Gasteiger partial charge in [0.1, 0.15) is 0 Å². The van der Waals surface area contributed by atoms with Gasteiger partial charge in [-0.05, 0) is 18.2 Å². The van der Waals surface area contributed by atoms with Crippen LogP contribution in [0.5, 0.6) is 0 Å². The van der Waals surface area contributed by atoms with Crippen LogP contribution in [0.4, 0.5) is 11.4 Å². The topological polar surface area (TPSA) is 46.3 Å². The van der Waals surface area contributed by atoms with Gasteiger partial charge in [-0.3, -0.25) is 4.79 Å². The molecule has 1 heterocycles. The first kappa shape index (κ1) is 8.29. The number of nitrogen functional groups attached to an aromatic ring is 1. The summed E-state index contributed by atoms with van der Waals surface area (Å²) in [5.41, 5.74) is 8.30. The maximum Gasteiger partial charge on any atom is 0.258 e. The molecule has 0 saturated carbocycles. The lowest BCUT2D eigenvalue weighted by Gasteiger charge is -2.09. The van der Waals surface area contributed by atoms with E-state index in [1.165, 1.54) is 0 Å². The van der Waals surface area contributed by atoms with Crippen molar-refractivity contribution in [2.75, 3.05) is 17.7 Å². The van der Waals surface area contributed by atoms with E-state index < -0.39 is 0 Å². The molecule has 0 spiro atoms. The van der Waals surface area contributed by atoms with E-state index in [9.17, 15) is 4.79 Å². The molecule has 0 bridgehead atoms. The van der Waals surface area contributed by atoms with E-state index in [0.29, 0.717) is 0 Å². The van der Waals surface area contributed by atoms with E-state index >= 15 is 0 Å². The van der Waals surface area contributed by atoms with E-state index in [0.717, 1.165) is 27.7 Å². The molecule has 1 aliphatic heterocycles. The lowest BCUT2D eigenvalue weighted by molar-refractivity contribution is 0.0999. The predicted molar refractivity (Wildman–Crippen MR) is 61.1 cm³/mol. The van der Waals surface area contributed by atoms with E-state index in [1.807, 2.05) is 30.3 Å². The zero-order chi connectivity index (χ0) is 10.6. The van der Waals surface area contributed by atoms with Gasteiger partial charge in [0, 0.05) is 29.1 Å². The standard InChI is InChI=1S/C12H10N2O/c1-14-10-6-5-9(13)7-3-2-4-8(11(7)10)12(14)15/h2-6H,13H2,1H3. The van der Waals surface area contributed by atoms with Crippen LogP contribution in [0.2, 0.25) is 0 Å². The summed E-state index contributed by atoms with van der Waals surface area (Å²) < 4.78 is 0. The summed E-state index contributed by atoms with van der Waals surface area (Å²) in [5.74, 6) is 0.0428. The highest BCUT2D eigenvalue weighted by atomic mass is 16.2. The van der Waals surface area contributed by atoms with Crippen molar-refractivity contribution >= 4 is 28.1 Å². The summed E-state index contributed by atoms with van der Waals surface area (Å²) in [6.45, 7) is 0. The van der Waals surface area contributed by atoms with Gasteiger partial charge >= 0.3 is 0 Å². The Morgan fingerprint density at radius 1 is 1.20 bits per heavy atom. The Labute approximate surface area is 87.1 Å². The van der Waals surface area contributed by atoms with Gasteiger partial charge in [0.15, 0.2) is 0 Å². The normalized spacial score (nSPS) is 13.9. The summed E-state index contributed by atoms with van der Waals surface area (Å²) in [7, 11) is 1.79. The summed E-state index contributed by atoms with van der Waals surface area (Å²) in [4.78, 5) is 13.5. The molecule has 3 rings (SSSR count). The third-order valence-corrected chi connectivity index (χ3v) is 2.95. The minimum Gasteiger partial charge on any atom is -0.398 e. The minimum atomic E-state index is 0.0428. The molecule has 0 saturated heterocycles. The Morgan fingerprint density at radius 2 is 2.00 bits per heavy atom. The van der Waals surface area contributed by atoms with Crippen LogP contribution in [0, 0.1) is 0 Å². The summed E-state index contributed by atoms with van der Waals surface area (Å²) >= 11 is 0. The van der Waals surface area contributed by atoms with Crippen molar-refractivity contribution < 1.29 is 4.79 Å². The fourth-order valence-electron chi connectivity index (χ4n) is 2.16. The largest absolute Gasteiger partial charge is 0.398 e. The van der Waals surface area contributed by atoms with Crippen LogP contribution in [0.3, 0.4) is 0 Å². The lowest BCUT2D eigenvalue weighted by Crippen LogP contribution is -2.20. The first-order valence-electron chi connectivity index (χ1n) is 4.79. The quantitative estimate of drug-likeness (QED) is 0.658. The Hall–Kier alpha value is -2.03. The van der Waals surface area contributed by atoms with E-state index in [2.05, 4.69) is 0 Å². The fraction of sp³-hybridized carbons (Fsp3) is 0.0833. The third kappa shape index (κ3) is 0.871. The summed E-state index contributed by atoms with van der Waals surface area (Å²) in [6.07, 6.45) is 0. The fourth-order valence-corrected chi connectivity index (χ4v) is 2.16. The van der Waals surface area contributed by atoms with Crippen LogP contribution in [0.25, 0.3) is 10.8 Å². The molecule has 15 heavy (non-hydrogen) atoms. The van der Waals surface area contributed by atoms with Crippen LogP contribution < -0.4 is 10.6 Å². The van der Waals surface area contributed by atoms with Gasteiger partial charge in [-0.1, -0.05) is 12.1 Å². The highest BCUT2D eigenvalue weighted by molar-refractivity contribution is 6.26. The maximum absolute atomic E-state index is 11.9. The van der Waals surface area contributed by atoms with Crippen LogP contribution in [0.1, 0.15) is 10.4 Å². The van der Waals surface area contributed by atoms with Crippen molar-refractivity contribution in [3.8, 4) is 0 Å². The molecule has 0 aliphatic carbocycles. The Bertz CT molecular complexity index is 589. The van der Waals surface area contributed by atoms with Crippen molar-refractivity contribution in [3.63, 3.8) is 0 Å². The van der Waals surface area contributed by atoms with Crippen molar-refractivity contribution in [2.24, 2.45) is 0 Å². The van der Waals surface area contributed by atoms with Gasteiger partial charge in [0.2, 0.25) is 0 Å². The number of rotatable bonds is 0. The molecule has 2 aromatic carbocycles. The van der Waals surface area contributed by atoms with E-state index in [1.54, 1.807) is 11.9 Å². The number of carbonyl (C=O) groups excluding carboxylic acids is 1. The van der Waals surface area contributed by atoms with Gasteiger partial charge in [-0.25, -0.2) is 0 Å². The number of hydrogen-bond acceptors (Lipinski definition) is 2. The van der Waals surface area contributed by atoms with E-state index in [-0.39, 0.29) is 5.91 Å². The SMILES string of the molecule is CN1C(=O)c2cccc3c(N)ccc1c23. The number of amides is 1. The number of hydrogen-bond donors (Lipinski definition) is 1. The first-order valence-corrected chi connectivity index (χ1v) is 4.79. The maximum atomic E-state index is 11.9. The number of benzene rings is 2. The monoisotopic (exact) mass is 198 g/mol. The van der Waals surface area contributed by atoms with E-state index in [4.69, 9.17) is 5.73 Å². The first-order chi connectivity index (χ1) is 7.20. The van der Waals surface area contributed by atoms with Crippen molar-refractivity contribution in [3.05, 3.63) is 35.9 Å². The third-order valence-electron chi connectivity index (χ3n) is 2.95. The van der Waals surface area contributed by atoms with Gasteiger partial charge in [0.05, 0.1) is 5.69 Å². The number of nitrogens with two attached hydrogens (primary N) is 1. The molecule has 3 heteroatoms. The Morgan fingerprint density at radius 3 is 2.80 bits per heavy atom. The molecule has 0 aromatic heterocycles. The molecule has 74 valence electrons. The molecule has 1 aliphatic rings. The second kappa shape index (κ2) is 2.51. The molecule has 0 radical (unpaired) electrons. The zero-order valence-corrected chi connectivity index (χ0v) is 8.32. The molecule has 1 amide bonds. The molecule has 0 atom stereocenters. The minimum absolute atomic E-state index is 0.0428. The van der Waals surface area contributed by atoms with Crippen LogP contribution in [-0.4, -0.2) is 13.0 Å². The molecule has 3 nitrogen and oxygen atoms in total. The molecule has 0 unspecified atom stereocenters. The van der Waals surface area contributed by atoms with Crippen LogP contribution in [0.15, 0.2) is 30.3 Å². The smallest absolute Gasteiger partial charge is 0.258 e. The molecule has 0 fully saturated rings. The summed E-state index contributed by atoms with van der Waals surface area (Å²) in [6, 6.07) is 9.40. The second-order valence-corrected chi connectivity index (χ2v) is 3.77. The Kier molecular flexibility index (Phi) is 1.39. The van der Waals surface area contributed by atoms with Gasteiger partial charge in [-0.15, -0.1) is 0 Å². The van der Waals surface area contributed by atoms with Crippen LogP contribution >= 0.6 is 0 Å². The van der Waals surface area contributed by atoms with Crippen molar-refractivity contribution in [1.82, 2.24) is 0 Å². The van der Waals surface area contributed by atoms with Gasteiger partial charge in [-0.2, -0.15) is 0 Å². The predicted octanol–water partition coefficient (Wildman–Crippen LogP) is 2.01. The van der Waals surface area contributed by atoms with Gasteiger partial charge in [0.25, 0.3) is 5.91 Å². The van der Waals surface area contributed by atoms with Crippen LogP contribution in [-0.2, 0) is 0 Å². The molecule has 2 aromatic rings. The highest BCUT2D eigenvalue weighted by Crippen LogP contribution is 2.38. The molecular weight excluding hydrogens is 188 g/mol. The van der Waals surface area contributed by atoms with Crippen molar-refractivity contribution in [1.29, 1.82) is 0 Å². The number of anilines is 2. The zero-order valence-electron chi connectivity index (χ0n) is 8.32. The summed E-state index contributed by atoms with van der Waals surface area (Å²) in [5, 5.41) is 1.94.